The average Bonchev–Trinajstić information content (AvgIpc) is 2.55. The van der Waals surface area contributed by atoms with Crippen LogP contribution in [-0.2, 0) is 14.6 Å². The first-order valence-electron chi connectivity index (χ1n) is 4.98. The van der Waals surface area contributed by atoms with E-state index in [4.69, 9.17) is 0 Å². The molecule has 0 aliphatic carbocycles. The van der Waals surface area contributed by atoms with Crippen molar-refractivity contribution >= 4 is 31.7 Å². The van der Waals surface area contributed by atoms with Crippen LogP contribution in [0.3, 0.4) is 0 Å². The van der Waals surface area contributed by atoms with Crippen LogP contribution < -0.4 is 0 Å². The molecule has 2 atom stereocenters. The van der Waals surface area contributed by atoms with Crippen molar-refractivity contribution in [3.63, 3.8) is 0 Å². The van der Waals surface area contributed by atoms with Gasteiger partial charge in [0.1, 0.15) is 0 Å². The summed E-state index contributed by atoms with van der Waals surface area (Å²) in [5.41, 5.74) is 0. The quantitative estimate of drug-likeness (QED) is 0.724. The Morgan fingerprint density at radius 3 is 2.60 bits per heavy atom. The van der Waals surface area contributed by atoms with Crippen LogP contribution in [0, 0.1) is 0 Å². The van der Waals surface area contributed by atoms with Crippen LogP contribution >= 0.6 is 15.9 Å². The van der Waals surface area contributed by atoms with E-state index < -0.39 is 9.84 Å². The second-order valence-electron chi connectivity index (χ2n) is 3.88. The monoisotopic (exact) mass is 297 g/mol. The standard InChI is InChI=1S/C9H16BrNO3S/c1-3-8(10)9(12)11(2)7-4-5-15(13,14)6-7/h7-8H,3-6H2,1-2H3. The van der Waals surface area contributed by atoms with Gasteiger partial charge in [0, 0.05) is 13.1 Å². The van der Waals surface area contributed by atoms with Gasteiger partial charge in [-0.3, -0.25) is 4.79 Å². The molecule has 1 fully saturated rings. The van der Waals surface area contributed by atoms with Crippen molar-refractivity contribution in [2.75, 3.05) is 18.6 Å². The van der Waals surface area contributed by atoms with Gasteiger partial charge in [-0.1, -0.05) is 22.9 Å². The SMILES string of the molecule is CCC(Br)C(=O)N(C)C1CCS(=O)(=O)C1. The fraction of sp³-hybridized carbons (Fsp3) is 0.889. The molecule has 88 valence electrons. The van der Waals surface area contributed by atoms with Crippen molar-refractivity contribution in [3.05, 3.63) is 0 Å². The minimum Gasteiger partial charge on any atom is -0.341 e. The molecule has 6 heteroatoms. The molecule has 0 spiro atoms. The van der Waals surface area contributed by atoms with Crippen LogP contribution in [0.2, 0.25) is 0 Å². The number of amides is 1. The molecule has 2 unspecified atom stereocenters. The highest BCUT2D eigenvalue weighted by molar-refractivity contribution is 9.10. The summed E-state index contributed by atoms with van der Waals surface area (Å²) in [5, 5.41) is 0. The van der Waals surface area contributed by atoms with Gasteiger partial charge in [-0.05, 0) is 12.8 Å². The highest BCUT2D eigenvalue weighted by atomic mass is 79.9. The molecule has 0 saturated carbocycles. The number of halogens is 1. The lowest BCUT2D eigenvalue weighted by Gasteiger charge is -2.25. The van der Waals surface area contributed by atoms with E-state index in [0.717, 1.165) is 0 Å². The van der Waals surface area contributed by atoms with E-state index >= 15 is 0 Å². The zero-order valence-electron chi connectivity index (χ0n) is 8.94. The van der Waals surface area contributed by atoms with E-state index in [9.17, 15) is 13.2 Å². The van der Waals surface area contributed by atoms with Gasteiger partial charge in [0.2, 0.25) is 5.91 Å². The number of hydrogen-bond acceptors (Lipinski definition) is 3. The predicted octanol–water partition coefficient (Wildman–Crippen LogP) is 0.805. The zero-order valence-corrected chi connectivity index (χ0v) is 11.3. The molecule has 1 aliphatic heterocycles. The topological polar surface area (TPSA) is 54.5 Å². The van der Waals surface area contributed by atoms with Gasteiger partial charge in [-0.2, -0.15) is 0 Å². The third-order valence-electron chi connectivity index (χ3n) is 2.73. The second kappa shape index (κ2) is 4.82. The van der Waals surface area contributed by atoms with Crippen LogP contribution in [0.25, 0.3) is 0 Å². The van der Waals surface area contributed by atoms with Crippen LogP contribution in [0.1, 0.15) is 19.8 Å². The summed E-state index contributed by atoms with van der Waals surface area (Å²) in [4.78, 5) is 13.1. The number of rotatable bonds is 3. The zero-order chi connectivity index (χ0) is 11.6. The van der Waals surface area contributed by atoms with E-state index in [2.05, 4.69) is 15.9 Å². The minimum atomic E-state index is -2.92. The van der Waals surface area contributed by atoms with Crippen molar-refractivity contribution in [1.82, 2.24) is 4.90 Å². The van der Waals surface area contributed by atoms with E-state index in [1.165, 1.54) is 0 Å². The highest BCUT2D eigenvalue weighted by Crippen LogP contribution is 2.19. The average molecular weight is 298 g/mol. The first kappa shape index (κ1) is 13.0. The highest BCUT2D eigenvalue weighted by Gasteiger charge is 2.33. The van der Waals surface area contributed by atoms with Gasteiger partial charge in [-0.25, -0.2) is 8.42 Å². The maximum Gasteiger partial charge on any atom is 0.236 e. The van der Waals surface area contributed by atoms with Gasteiger partial charge in [0.25, 0.3) is 0 Å². The van der Waals surface area contributed by atoms with Crippen LogP contribution in [0.15, 0.2) is 0 Å². The van der Waals surface area contributed by atoms with Gasteiger partial charge in [0.15, 0.2) is 9.84 Å². The smallest absolute Gasteiger partial charge is 0.236 e. The Morgan fingerprint density at radius 2 is 2.20 bits per heavy atom. The Bertz CT molecular complexity index is 341. The lowest BCUT2D eigenvalue weighted by molar-refractivity contribution is -0.130. The first-order chi connectivity index (χ1) is 6.87. The Hall–Kier alpha value is -0.100. The molecule has 0 aromatic carbocycles. The molecule has 1 aliphatic rings. The first-order valence-corrected chi connectivity index (χ1v) is 7.72. The number of carbonyl (C=O) groups is 1. The molecule has 1 rings (SSSR count). The lowest BCUT2D eigenvalue weighted by atomic mass is 10.2. The van der Waals surface area contributed by atoms with Crippen LogP contribution in [0.5, 0.6) is 0 Å². The molecule has 0 N–H and O–H groups in total. The van der Waals surface area contributed by atoms with Gasteiger partial charge >= 0.3 is 0 Å². The molecular formula is C9H16BrNO3S. The Balaban J connectivity index is 2.63. The van der Waals surface area contributed by atoms with Crippen molar-refractivity contribution in [3.8, 4) is 0 Å². The number of sulfone groups is 1. The predicted molar refractivity (Wildman–Crippen MR) is 62.8 cm³/mol. The molecule has 1 heterocycles. The number of nitrogens with zero attached hydrogens (tertiary/aromatic N) is 1. The minimum absolute atomic E-state index is 0.0281. The van der Waals surface area contributed by atoms with Gasteiger partial charge in [-0.15, -0.1) is 0 Å². The Kier molecular flexibility index (Phi) is 4.17. The summed E-state index contributed by atoms with van der Waals surface area (Å²) in [7, 11) is -1.24. The molecule has 0 aromatic heterocycles. The maximum absolute atomic E-state index is 11.8. The summed E-state index contributed by atoms with van der Waals surface area (Å²) >= 11 is 3.28. The summed E-state index contributed by atoms with van der Waals surface area (Å²) in [6.45, 7) is 1.91. The lowest BCUT2D eigenvalue weighted by Crippen LogP contribution is -2.41. The normalized spacial score (nSPS) is 26.2. The van der Waals surface area contributed by atoms with E-state index in [-0.39, 0.29) is 28.3 Å². The molecule has 1 saturated heterocycles. The fourth-order valence-corrected chi connectivity index (χ4v) is 3.75. The number of hydrogen-bond donors (Lipinski definition) is 0. The van der Waals surface area contributed by atoms with Crippen molar-refractivity contribution < 1.29 is 13.2 Å². The van der Waals surface area contributed by atoms with Crippen molar-refractivity contribution in [2.45, 2.75) is 30.6 Å². The Morgan fingerprint density at radius 1 is 1.60 bits per heavy atom. The molecular weight excluding hydrogens is 282 g/mol. The molecule has 0 aromatic rings. The van der Waals surface area contributed by atoms with Gasteiger partial charge in [0.05, 0.1) is 16.3 Å². The molecule has 4 nitrogen and oxygen atoms in total. The summed E-state index contributed by atoms with van der Waals surface area (Å²) < 4.78 is 22.5. The molecule has 15 heavy (non-hydrogen) atoms. The van der Waals surface area contributed by atoms with Crippen molar-refractivity contribution in [2.24, 2.45) is 0 Å². The van der Waals surface area contributed by atoms with E-state index in [0.29, 0.717) is 12.8 Å². The third kappa shape index (κ3) is 3.17. The molecule has 1 amide bonds. The van der Waals surface area contributed by atoms with Crippen LogP contribution in [0.4, 0.5) is 0 Å². The van der Waals surface area contributed by atoms with Crippen molar-refractivity contribution in [1.29, 1.82) is 0 Å². The fourth-order valence-electron chi connectivity index (χ4n) is 1.66. The third-order valence-corrected chi connectivity index (χ3v) is 5.52. The maximum atomic E-state index is 11.8. The summed E-state index contributed by atoms with van der Waals surface area (Å²) in [5.74, 6) is 0.284. The number of alkyl halides is 1. The largest absolute Gasteiger partial charge is 0.341 e. The molecule has 0 radical (unpaired) electrons. The van der Waals surface area contributed by atoms with Crippen LogP contribution in [-0.4, -0.2) is 48.6 Å². The summed E-state index contributed by atoms with van der Waals surface area (Å²) in [6, 6.07) is -0.144. The number of carbonyl (C=O) groups excluding carboxylic acids is 1. The molecule has 0 bridgehead atoms. The van der Waals surface area contributed by atoms with E-state index in [1.807, 2.05) is 6.92 Å². The summed E-state index contributed by atoms with van der Waals surface area (Å²) in [6.07, 6.45) is 1.27. The second-order valence-corrected chi connectivity index (χ2v) is 7.22. The van der Waals surface area contributed by atoms with Gasteiger partial charge < -0.3 is 4.90 Å². The Labute approximate surface area is 99.1 Å². The van der Waals surface area contributed by atoms with E-state index in [1.54, 1.807) is 11.9 Å².